The van der Waals surface area contributed by atoms with Crippen molar-refractivity contribution in [2.75, 3.05) is 0 Å². The Kier molecular flexibility index (Phi) is 4.90. The lowest BCUT2D eigenvalue weighted by Gasteiger charge is -2.27. The Morgan fingerprint density at radius 3 is 2.78 bits per heavy atom. The molecule has 138 valence electrons. The summed E-state index contributed by atoms with van der Waals surface area (Å²) in [6.45, 7) is 7.13. The number of benzene rings is 1. The standard InChI is InChI=1S/C21H20FN3O2/c1-4-14-6-8-18(24-12-14)19(26)10-15-5-7-17(22)16(9-15)21(3)11-13(2)27-20(23)25-21/h4-9,11-12H,1,10H2,2-3H3,(H2,23,25)/t21-/m0/s1. The highest BCUT2D eigenvalue weighted by Gasteiger charge is 2.31. The summed E-state index contributed by atoms with van der Waals surface area (Å²) in [6, 6.07) is 7.96. The van der Waals surface area contributed by atoms with Gasteiger partial charge in [0, 0.05) is 18.2 Å². The number of amidine groups is 1. The number of rotatable bonds is 5. The third-order valence-corrected chi connectivity index (χ3v) is 4.34. The van der Waals surface area contributed by atoms with Gasteiger partial charge in [-0.05, 0) is 49.2 Å². The normalized spacial score (nSPS) is 18.9. The first-order valence-electron chi connectivity index (χ1n) is 8.44. The number of ketones is 1. The quantitative estimate of drug-likeness (QED) is 0.819. The number of hydrogen-bond donors (Lipinski definition) is 1. The minimum absolute atomic E-state index is 0.0233. The summed E-state index contributed by atoms with van der Waals surface area (Å²) in [5.74, 6) is -0.0444. The van der Waals surface area contributed by atoms with E-state index >= 15 is 0 Å². The van der Waals surface area contributed by atoms with Gasteiger partial charge in [0.15, 0.2) is 5.78 Å². The SMILES string of the molecule is C=Cc1ccc(C(=O)Cc2ccc(F)c([C@]3(C)C=C(C)OC(N)=N3)c2)nc1. The number of carbonyl (C=O) groups is 1. The largest absolute Gasteiger partial charge is 0.431 e. The molecule has 6 heteroatoms. The third kappa shape index (κ3) is 3.95. The summed E-state index contributed by atoms with van der Waals surface area (Å²) in [6.07, 6.45) is 5.04. The van der Waals surface area contributed by atoms with Crippen LogP contribution in [0.2, 0.25) is 0 Å². The van der Waals surface area contributed by atoms with E-state index < -0.39 is 11.4 Å². The topological polar surface area (TPSA) is 77.6 Å². The molecule has 0 saturated heterocycles. The fraction of sp³-hybridized carbons (Fsp3) is 0.190. The van der Waals surface area contributed by atoms with Gasteiger partial charge in [-0.25, -0.2) is 9.38 Å². The maximum atomic E-state index is 14.5. The molecule has 1 aliphatic heterocycles. The molecule has 1 aliphatic rings. The first-order valence-corrected chi connectivity index (χ1v) is 8.44. The molecule has 2 heterocycles. The van der Waals surface area contributed by atoms with Crippen LogP contribution >= 0.6 is 0 Å². The summed E-state index contributed by atoms with van der Waals surface area (Å²) in [7, 11) is 0. The van der Waals surface area contributed by atoms with Gasteiger partial charge in [-0.15, -0.1) is 0 Å². The number of allylic oxidation sites excluding steroid dienone is 1. The molecule has 5 nitrogen and oxygen atoms in total. The molecule has 0 fully saturated rings. The van der Waals surface area contributed by atoms with Gasteiger partial charge in [-0.2, -0.15) is 0 Å². The number of Topliss-reactive ketones (excluding diaryl/α,β-unsaturated/α-hetero) is 1. The van der Waals surface area contributed by atoms with E-state index in [1.165, 1.54) is 6.07 Å². The average Bonchev–Trinajstić information content (AvgIpc) is 2.62. The van der Waals surface area contributed by atoms with E-state index in [1.54, 1.807) is 56.5 Å². The third-order valence-electron chi connectivity index (χ3n) is 4.34. The van der Waals surface area contributed by atoms with Crippen molar-refractivity contribution in [3.05, 3.63) is 83.1 Å². The Hall–Kier alpha value is -3.28. The molecule has 27 heavy (non-hydrogen) atoms. The number of aromatic nitrogens is 1. The number of ether oxygens (including phenoxy) is 1. The predicted molar refractivity (Wildman–Crippen MR) is 103 cm³/mol. The lowest BCUT2D eigenvalue weighted by Crippen LogP contribution is -2.30. The minimum Gasteiger partial charge on any atom is -0.431 e. The van der Waals surface area contributed by atoms with E-state index in [-0.39, 0.29) is 18.2 Å². The van der Waals surface area contributed by atoms with Crippen LogP contribution in [0.1, 0.15) is 41.0 Å². The summed E-state index contributed by atoms with van der Waals surface area (Å²) >= 11 is 0. The Labute approximate surface area is 157 Å². The van der Waals surface area contributed by atoms with Crippen molar-refractivity contribution in [2.24, 2.45) is 10.7 Å². The van der Waals surface area contributed by atoms with Crippen LogP contribution in [0.5, 0.6) is 0 Å². The molecular formula is C21H20FN3O2. The van der Waals surface area contributed by atoms with Crippen molar-refractivity contribution < 1.29 is 13.9 Å². The van der Waals surface area contributed by atoms with Crippen LogP contribution in [-0.2, 0) is 16.7 Å². The predicted octanol–water partition coefficient (Wildman–Crippen LogP) is 3.75. The molecule has 0 spiro atoms. The molecule has 0 unspecified atom stereocenters. The number of nitrogens with zero attached hydrogens (tertiary/aromatic N) is 2. The number of carbonyl (C=O) groups excluding carboxylic acids is 1. The molecule has 3 rings (SSSR count). The first-order chi connectivity index (χ1) is 12.8. The van der Waals surface area contributed by atoms with E-state index in [1.807, 2.05) is 0 Å². The molecule has 1 aromatic heterocycles. The highest BCUT2D eigenvalue weighted by Crippen LogP contribution is 2.34. The van der Waals surface area contributed by atoms with Gasteiger partial charge in [0.2, 0.25) is 0 Å². The van der Waals surface area contributed by atoms with Gasteiger partial charge >= 0.3 is 0 Å². The van der Waals surface area contributed by atoms with Crippen LogP contribution in [-0.4, -0.2) is 16.8 Å². The van der Waals surface area contributed by atoms with Gasteiger partial charge in [-0.1, -0.05) is 24.8 Å². The lowest BCUT2D eigenvalue weighted by atomic mass is 9.88. The summed E-state index contributed by atoms with van der Waals surface area (Å²) in [5, 5.41) is 0. The van der Waals surface area contributed by atoms with Crippen LogP contribution < -0.4 is 5.73 Å². The van der Waals surface area contributed by atoms with Crippen molar-refractivity contribution >= 4 is 17.9 Å². The second-order valence-electron chi connectivity index (χ2n) is 6.55. The smallest absolute Gasteiger partial charge is 0.288 e. The van der Waals surface area contributed by atoms with Crippen molar-refractivity contribution in [2.45, 2.75) is 25.8 Å². The second kappa shape index (κ2) is 7.15. The van der Waals surface area contributed by atoms with E-state index in [0.717, 1.165) is 5.56 Å². The maximum absolute atomic E-state index is 14.5. The molecule has 0 saturated carbocycles. The molecule has 2 N–H and O–H groups in total. The Morgan fingerprint density at radius 2 is 2.15 bits per heavy atom. The molecule has 0 bridgehead atoms. The van der Waals surface area contributed by atoms with Crippen molar-refractivity contribution in [1.29, 1.82) is 0 Å². The molecular weight excluding hydrogens is 345 g/mol. The Balaban J connectivity index is 1.90. The molecule has 0 amide bonds. The van der Waals surface area contributed by atoms with E-state index in [2.05, 4.69) is 16.6 Å². The van der Waals surface area contributed by atoms with Gasteiger partial charge in [-0.3, -0.25) is 9.78 Å². The van der Waals surface area contributed by atoms with Gasteiger partial charge in [0.1, 0.15) is 22.8 Å². The van der Waals surface area contributed by atoms with Crippen molar-refractivity contribution in [3.63, 3.8) is 0 Å². The van der Waals surface area contributed by atoms with Crippen LogP contribution in [0.3, 0.4) is 0 Å². The summed E-state index contributed by atoms with van der Waals surface area (Å²) < 4.78 is 19.7. The van der Waals surface area contributed by atoms with Crippen LogP contribution in [0.25, 0.3) is 6.08 Å². The zero-order valence-corrected chi connectivity index (χ0v) is 15.2. The Bertz CT molecular complexity index is 944. The minimum atomic E-state index is -1.00. The average molecular weight is 365 g/mol. The van der Waals surface area contributed by atoms with Crippen LogP contribution in [0.15, 0.2) is 59.9 Å². The van der Waals surface area contributed by atoms with Crippen molar-refractivity contribution in [1.82, 2.24) is 4.98 Å². The molecule has 0 aliphatic carbocycles. The zero-order valence-electron chi connectivity index (χ0n) is 15.2. The first kappa shape index (κ1) is 18.5. The van der Waals surface area contributed by atoms with Crippen molar-refractivity contribution in [3.8, 4) is 0 Å². The van der Waals surface area contributed by atoms with Crippen LogP contribution in [0, 0.1) is 5.82 Å². The number of nitrogens with two attached hydrogens (primary N) is 1. The second-order valence-corrected chi connectivity index (χ2v) is 6.55. The fourth-order valence-electron chi connectivity index (χ4n) is 3.05. The maximum Gasteiger partial charge on any atom is 0.288 e. The number of aliphatic imine (C=N–C) groups is 1. The van der Waals surface area contributed by atoms with E-state index in [4.69, 9.17) is 10.5 Å². The van der Waals surface area contributed by atoms with E-state index in [0.29, 0.717) is 22.6 Å². The molecule has 1 atom stereocenters. The van der Waals surface area contributed by atoms with E-state index in [9.17, 15) is 9.18 Å². The lowest BCUT2D eigenvalue weighted by molar-refractivity contribution is 0.0988. The number of hydrogen-bond acceptors (Lipinski definition) is 5. The monoisotopic (exact) mass is 365 g/mol. The molecule has 2 aromatic rings. The van der Waals surface area contributed by atoms with Gasteiger partial charge in [0.05, 0.1) is 0 Å². The summed E-state index contributed by atoms with van der Waals surface area (Å²) in [4.78, 5) is 20.9. The number of halogens is 1. The van der Waals surface area contributed by atoms with Crippen LogP contribution in [0.4, 0.5) is 4.39 Å². The highest BCUT2D eigenvalue weighted by atomic mass is 19.1. The van der Waals surface area contributed by atoms with Gasteiger partial charge in [0.25, 0.3) is 6.02 Å². The molecule has 1 aromatic carbocycles. The fourth-order valence-corrected chi connectivity index (χ4v) is 3.05. The van der Waals surface area contributed by atoms with Gasteiger partial charge < -0.3 is 10.5 Å². The zero-order chi connectivity index (χ0) is 19.6. The Morgan fingerprint density at radius 1 is 1.37 bits per heavy atom. The highest BCUT2D eigenvalue weighted by molar-refractivity contribution is 5.95. The summed E-state index contributed by atoms with van der Waals surface area (Å²) in [5.41, 5.74) is 6.88. The molecule has 0 radical (unpaired) electrons. The number of pyridine rings is 1.